The maximum Gasteiger partial charge on any atom is 0.255 e. The Balaban J connectivity index is 1.76. The number of amides is 1. The maximum atomic E-state index is 12.9. The molecule has 1 saturated heterocycles. The van der Waals surface area contributed by atoms with E-state index < -0.39 is 15.9 Å². The molecule has 0 bridgehead atoms. The number of ether oxygens (including phenoxy) is 1. The number of nitrogens with one attached hydrogen (secondary N) is 1. The Labute approximate surface area is 174 Å². The van der Waals surface area contributed by atoms with Gasteiger partial charge in [0.1, 0.15) is 0 Å². The molecule has 2 aromatic rings. The molecule has 1 fully saturated rings. The van der Waals surface area contributed by atoms with E-state index in [4.69, 9.17) is 27.9 Å². The summed E-state index contributed by atoms with van der Waals surface area (Å²) in [5.74, 6) is -0.393. The molecule has 28 heavy (non-hydrogen) atoms. The lowest BCUT2D eigenvalue weighted by atomic mass is 10.2. The molecular weight excluding hydrogens is 423 g/mol. The molecular formula is C19H20Cl2N2O4S. The van der Waals surface area contributed by atoms with Gasteiger partial charge in [-0.1, -0.05) is 23.2 Å². The van der Waals surface area contributed by atoms with Crippen LogP contribution in [0.15, 0.2) is 47.4 Å². The van der Waals surface area contributed by atoms with Crippen LogP contribution in [-0.2, 0) is 14.8 Å². The number of hydrogen-bond acceptors (Lipinski definition) is 4. The molecule has 0 aromatic heterocycles. The van der Waals surface area contributed by atoms with Crippen molar-refractivity contribution in [1.29, 1.82) is 0 Å². The van der Waals surface area contributed by atoms with E-state index in [0.717, 1.165) is 0 Å². The molecule has 0 unspecified atom stereocenters. The van der Waals surface area contributed by atoms with E-state index in [1.807, 2.05) is 13.8 Å². The largest absolute Gasteiger partial charge is 0.373 e. The van der Waals surface area contributed by atoms with Crippen LogP contribution in [0.25, 0.3) is 0 Å². The highest BCUT2D eigenvalue weighted by Gasteiger charge is 2.32. The highest BCUT2D eigenvalue weighted by molar-refractivity contribution is 7.89. The number of anilines is 1. The van der Waals surface area contributed by atoms with Crippen LogP contribution in [0.4, 0.5) is 5.69 Å². The fourth-order valence-electron chi connectivity index (χ4n) is 3.08. The first kappa shape index (κ1) is 21.1. The van der Waals surface area contributed by atoms with Gasteiger partial charge in [-0.15, -0.1) is 0 Å². The van der Waals surface area contributed by atoms with Crippen molar-refractivity contribution >= 4 is 44.8 Å². The Morgan fingerprint density at radius 1 is 1.04 bits per heavy atom. The number of sulfonamides is 1. The average molecular weight is 443 g/mol. The topological polar surface area (TPSA) is 75.7 Å². The molecule has 3 rings (SSSR count). The molecule has 1 amide bonds. The predicted octanol–water partition coefficient (Wildman–Crippen LogP) is 4.04. The number of carbonyl (C=O) groups excluding carboxylic acids is 1. The number of carbonyl (C=O) groups is 1. The van der Waals surface area contributed by atoms with Crippen molar-refractivity contribution in [1.82, 2.24) is 4.31 Å². The molecule has 0 radical (unpaired) electrons. The van der Waals surface area contributed by atoms with Crippen LogP contribution in [0.5, 0.6) is 0 Å². The summed E-state index contributed by atoms with van der Waals surface area (Å²) in [4.78, 5) is 12.5. The highest BCUT2D eigenvalue weighted by Crippen LogP contribution is 2.24. The number of hydrogen-bond donors (Lipinski definition) is 1. The van der Waals surface area contributed by atoms with Crippen LogP contribution in [0.2, 0.25) is 10.0 Å². The van der Waals surface area contributed by atoms with Crippen molar-refractivity contribution in [2.45, 2.75) is 31.0 Å². The Morgan fingerprint density at radius 2 is 1.57 bits per heavy atom. The summed E-state index contributed by atoms with van der Waals surface area (Å²) >= 11 is 11.9. The third-order valence-electron chi connectivity index (χ3n) is 4.26. The standard InChI is InChI=1S/C19H20Cl2N2O4S/c1-12-10-23(11-13(2)27-12)28(25,26)18-5-3-14(4-6-18)19(24)22-17-8-15(20)7-16(21)9-17/h3-9,12-13H,10-11H2,1-2H3,(H,22,24)/t12-,13-/m0/s1. The lowest BCUT2D eigenvalue weighted by Crippen LogP contribution is -2.48. The molecule has 6 nitrogen and oxygen atoms in total. The summed E-state index contributed by atoms with van der Waals surface area (Å²) in [6.07, 6.45) is -0.346. The maximum absolute atomic E-state index is 12.9. The van der Waals surface area contributed by atoms with E-state index in [1.165, 1.54) is 28.6 Å². The number of morpholine rings is 1. The van der Waals surface area contributed by atoms with Gasteiger partial charge in [0.25, 0.3) is 5.91 Å². The third kappa shape index (κ3) is 4.85. The van der Waals surface area contributed by atoms with Crippen molar-refractivity contribution in [3.05, 3.63) is 58.1 Å². The average Bonchev–Trinajstić information content (AvgIpc) is 2.60. The van der Waals surface area contributed by atoms with E-state index >= 15 is 0 Å². The van der Waals surface area contributed by atoms with Gasteiger partial charge in [-0.25, -0.2) is 8.42 Å². The lowest BCUT2D eigenvalue weighted by Gasteiger charge is -2.34. The monoisotopic (exact) mass is 442 g/mol. The SMILES string of the molecule is C[C@H]1CN(S(=O)(=O)c2ccc(C(=O)Nc3cc(Cl)cc(Cl)c3)cc2)C[C@H](C)O1. The van der Waals surface area contributed by atoms with Crippen LogP contribution in [0.1, 0.15) is 24.2 Å². The molecule has 1 N–H and O–H groups in total. The van der Waals surface area contributed by atoms with E-state index in [-0.39, 0.29) is 17.1 Å². The minimum atomic E-state index is -3.65. The quantitative estimate of drug-likeness (QED) is 0.774. The fraction of sp³-hybridized carbons (Fsp3) is 0.316. The second-order valence-electron chi connectivity index (χ2n) is 6.72. The van der Waals surface area contributed by atoms with E-state index in [1.54, 1.807) is 18.2 Å². The molecule has 0 spiro atoms. The molecule has 1 heterocycles. The second-order valence-corrected chi connectivity index (χ2v) is 9.53. The first-order valence-corrected chi connectivity index (χ1v) is 10.9. The fourth-order valence-corrected chi connectivity index (χ4v) is 5.20. The van der Waals surface area contributed by atoms with Gasteiger partial charge in [-0.3, -0.25) is 4.79 Å². The summed E-state index contributed by atoms with van der Waals surface area (Å²) in [5, 5.41) is 3.49. The van der Waals surface area contributed by atoms with Crippen LogP contribution < -0.4 is 5.32 Å². The molecule has 1 aliphatic heterocycles. The molecule has 0 saturated carbocycles. The summed E-state index contributed by atoms with van der Waals surface area (Å²) in [6.45, 7) is 4.27. The predicted molar refractivity (Wildman–Crippen MR) is 110 cm³/mol. The molecule has 0 aliphatic carbocycles. The lowest BCUT2D eigenvalue weighted by molar-refractivity contribution is -0.0440. The minimum Gasteiger partial charge on any atom is -0.373 e. The van der Waals surface area contributed by atoms with E-state index in [0.29, 0.717) is 34.4 Å². The molecule has 2 atom stereocenters. The first-order valence-electron chi connectivity index (χ1n) is 8.68. The van der Waals surface area contributed by atoms with Gasteiger partial charge < -0.3 is 10.1 Å². The van der Waals surface area contributed by atoms with Crippen LogP contribution in [0, 0.1) is 0 Å². The van der Waals surface area contributed by atoms with E-state index in [2.05, 4.69) is 5.32 Å². The summed E-state index contributed by atoms with van der Waals surface area (Å²) < 4.78 is 32.7. The van der Waals surface area contributed by atoms with Crippen molar-refractivity contribution in [3.8, 4) is 0 Å². The Hall–Kier alpha value is -1.64. The van der Waals surface area contributed by atoms with Gasteiger partial charge in [0.05, 0.1) is 17.1 Å². The van der Waals surface area contributed by atoms with Crippen LogP contribution in [0.3, 0.4) is 0 Å². The van der Waals surface area contributed by atoms with Crippen LogP contribution in [-0.4, -0.2) is 43.9 Å². The van der Waals surface area contributed by atoms with Gasteiger partial charge in [-0.05, 0) is 56.3 Å². The number of nitrogens with zero attached hydrogens (tertiary/aromatic N) is 1. The van der Waals surface area contributed by atoms with Gasteiger partial charge >= 0.3 is 0 Å². The number of benzene rings is 2. The molecule has 150 valence electrons. The Bertz CT molecular complexity index is 950. The first-order chi connectivity index (χ1) is 13.1. The zero-order valence-electron chi connectivity index (χ0n) is 15.4. The Morgan fingerprint density at radius 3 is 2.11 bits per heavy atom. The number of rotatable bonds is 4. The van der Waals surface area contributed by atoms with Crippen LogP contribution >= 0.6 is 23.2 Å². The molecule has 1 aliphatic rings. The van der Waals surface area contributed by atoms with Gasteiger partial charge in [0.15, 0.2) is 0 Å². The van der Waals surface area contributed by atoms with E-state index in [9.17, 15) is 13.2 Å². The highest BCUT2D eigenvalue weighted by atomic mass is 35.5. The second kappa shape index (κ2) is 8.39. The normalized spacial score (nSPS) is 20.7. The molecule has 2 aromatic carbocycles. The zero-order chi connectivity index (χ0) is 20.5. The Kier molecular flexibility index (Phi) is 6.31. The minimum absolute atomic E-state index is 0.135. The molecule has 9 heteroatoms. The van der Waals surface area contributed by atoms with Crippen molar-refractivity contribution in [2.75, 3.05) is 18.4 Å². The third-order valence-corrected chi connectivity index (χ3v) is 6.54. The van der Waals surface area contributed by atoms with Gasteiger partial charge in [0, 0.05) is 34.4 Å². The summed E-state index contributed by atoms with van der Waals surface area (Å²) in [7, 11) is -3.65. The summed E-state index contributed by atoms with van der Waals surface area (Å²) in [6, 6.07) is 10.5. The van der Waals surface area contributed by atoms with Crippen molar-refractivity contribution in [2.24, 2.45) is 0 Å². The smallest absolute Gasteiger partial charge is 0.255 e. The summed E-state index contributed by atoms with van der Waals surface area (Å²) in [5.41, 5.74) is 0.772. The van der Waals surface area contributed by atoms with Crippen molar-refractivity contribution < 1.29 is 17.9 Å². The zero-order valence-corrected chi connectivity index (χ0v) is 17.7. The van der Waals surface area contributed by atoms with Crippen molar-refractivity contribution in [3.63, 3.8) is 0 Å². The number of halogens is 2. The van der Waals surface area contributed by atoms with Gasteiger partial charge in [0.2, 0.25) is 10.0 Å². The van der Waals surface area contributed by atoms with Gasteiger partial charge in [-0.2, -0.15) is 4.31 Å².